The Bertz CT molecular complexity index is 856. The molecule has 2 rings (SSSR count). The number of nitrogens with zero attached hydrogens (tertiary/aromatic N) is 2. The van der Waals surface area contributed by atoms with Crippen LogP contribution in [0.2, 0.25) is 0 Å². The third kappa shape index (κ3) is 8.47. The van der Waals surface area contributed by atoms with E-state index in [0.29, 0.717) is 22.6 Å². The molecule has 12 heteroatoms. The van der Waals surface area contributed by atoms with E-state index >= 15 is 0 Å². The number of carbonyl (C=O) groups is 2. The van der Waals surface area contributed by atoms with Gasteiger partial charge in [-0.3, -0.25) is 0 Å². The van der Waals surface area contributed by atoms with Crippen LogP contribution in [0.25, 0.3) is 0 Å². The van der Waals surface area contributed by atoms with Crippen LogP contribution in [-0.2, 0) is 0 Å². The van der Waals surface area contributed by atoms with Gasteiger partial charge in [0.05, 0.1) is 26.6 Å². The van der Waals surface area contributed by atoms with Crippen LogP contribution in [0.1, 0.15) is 11.1 Å². The molecule has 0 aliphatic heterocycles. The summed E-state index contributed by atoms with van der Waals surface area (Å²) in [5.41, 5.74) is 15.0. The molecule has 0 bridgehead atoms. The van der Waals surface area contributed by atoms with Gasteiger partial charge in [0.2, 0.25) is 0 Å². The van der Waals surface area contributed by atoms with Gasteiger partial charge >= 0.3 is 12.1 Å². The first-order valence-corrected chi connectivity index (χ1v) is 8.17. The molecule has 0 spiro atoms. The average Bonchev–Trinajstić information content (AvgIpc) is 2.70. The Morgan fingerprint density at radius 2 is 1.20 bits per heavy atom. The number of hydrogen-bond donors (Lipinski definition) is 6. The summed E-state index contributed by atoms with van der Waals surface area (Å²) in [5, 5.41) is 25.7. The van der Waals surface area contributed by atoms with Crippen LogP contribution in [0.5, 0.6) is 23.0 Å². The van der Waals surface area contributed by atoms with Crippen molar-refractivity contribution in [1.82, 2.24) is 10.9 Å². The molecule has 4 amide bonds. The lowest BCUT2D eigenvalue weighted by molar-refractivity contribution is 0.248. The molecule has 0 heterocycles. The van der Waals surface area contributed by atoms with E-state index in [4.69, 9.17) is 20.9 Å². The molecule has 2 aromatic rings. The number of ether oxygens (including phenoxy) is 2. The van der Waals surface area contributed by atoms with Gasteiger partial charge in [-0.15, -0.1) is 0 Å². The number of nitrogens with two attached hydrogens (primary N) is 2. The van der Waals surface area contributed by atoms with Crippen LogP contribution in [0.4, 0.5) is 9.59 Å². The highest BCUT2D eigenvalue weighted by Gasteiger charge is 2.01. The second kappa shape index (κ2) is 12.1. The first-order chi connectivity index (χ1) is 14.3. The van der Waals surface area contributed by atoms with Crippen LogP contribution in [0, 0.1) is 0 Å². The Kier molecular flexibility index (Phi) is 9.48. The van der Waals surface area contributed by atoms with E-state index in [1.54, 1.807) is 24.3 Å². The molecule has 2 aromatic carbocycles. The molecule has 0 fully saturated rings. The van der Waals surface area contributed by atoms with E-state index in [0.717, 1.165) is 0 Å². The van der Waals surface area contributed by atoms with Gasteiger partial charge in [0.25, 0.3) is 0 Å². The zero-order valence-corrected chi connectivity index (χ0v) is 16.2. The largest absolute Gasteiger partial charge is 0.504 e. The molecule has 160 valence electrons. The highest BCUT2D eigenvalue weighted by atomic mass is 16.5. The van der Waals surface area contributed by atoms with Crippen molar-refractivity contribution in [3.63, 3.8) is 0 Å². The Balaban J connectivity index is 0.000000300. The topological polar surface area (TPSA) is 194 Å². The lowest BCUT2D eigenvalue weighted by atomic mass is 10.2. The fraction of sp³-hybridized carbons (Fsp3) is 0.111. The standard InChI is InChI=1S/2C9H11N3O3/c2*1-15-8-4-6(2-3-7(8)13)5-11-12-9(10)14/h2*2-5,13H,1H3,(H3,10,12,14)/b2*11-5+. The smallest absolute Gasteiger partial charge is 0.332 e. The zero-order valence-electron chi connectivity index (χ0n) is 16.2. The molecular weight excluding hydrogens is 396 g/mol. The number of methoxy groups -OCH3 is 2. The highest BCUT2D eigenvalue weighted by molar-refractivity contribution is 5.83. The predicted octanol–water partition coefficient (Wildman–Crippen LogP) is 0.806. The fourth-order valence-electron chi connectivity index (χ4n) is 1.89. The number of urea groups is 2. The second-order valence-corrected chi connectivity index (χ2v) is 5.33. The minimum Gasteiger partial charge on any atom is -0.504 e. The van der Waals surface area contributed by atoms with Crippen molar-refractivity contribution in [1.29, 1.82) is 0 Å². The first-order valence-electron chi connectivity index (χ1n) is 8.17. The monoisotopic (exact) mass is 418 g/mol. The van der Waals surface area contributed by atoms with E-state index in [9.17, 15) is 19.8 Å². The molecule has 8 N–H and O–H groups in total. The van der Waals surface area contributed by atoms with E-state index in [-0.39, 0.29) is 11.5 Å². The van der Waals surface area contributed by atoms with Gasteiger partial charge in [0, 0.05) is 0 Å². The Labute approximate surface area is 171 Å². The van der Waals surface area contributed by atoms with Gasteiger partial charge in [0.15, 0.2) is 23.0 Å². The van der Waals surface area contributed by atoms with Crippen LogP contribution < -0.4 is 31.8 Å². The number of hydrazone groups is 2. The van der Waals surface area contributed by atoms with Gasteiger partial charge in [0.1, 0.15) is 0 Å². The van der Waals surface area contributed by atoms with Gasteiger partial charge in [-0.2, -0.15) is 10.2 Å². The number of rotatable bonds is 6. The molecule has 0 aromatic heterocycles. The SMILES string of the molecule is COc1cc(/C=N/NC(N)=O)ccc1O.COc1cc(/C=N/NC(N)=O)ccc1O. The molecule has 0 atom stereocenters. The number of nitrogens with one attached hydrogen (secondary N) is 2. The first kappa shape index (κ1) is 23.6. The lowest BCUT2D eigenvalue weighted by Crippen LogP contribution is -2.24. The van der Waals surface area contributed by atoms with Gasteiger partial charge in [-0.1, -0.05) is 0 Å². The summed E-state index contributed by atoms with van der Waals surface area (Å²) in [5.74, 6) is 0.742. The van der Waals surface area contributed by atoms with Crippen LogP contribution in [0.15, 0.2) is 46.6 Å². The van der Waals surface area contributed by atoms with Gasteiger partial charge < -0.3 is 31.2 Å². The summed E-state index contributed by atoms with van der Waals surface area (Å²) >= 11 is 0. The fourth-order valence-corrected chi connectivity index (χ4v) is 1.89. The van der Waals surface area contributed by atoms with E-state index in [1.165, 1.54) is 38.8 Å². The number of phenolic OH excluding ortho intramolecular Hbond substituents is 2. The molecule has 0 unspecified atom stereocenters. The molecule has 0 saturated heterocycles. The van der Waals surface area contributed by atoms with Gasteiger partial charge in [-0.05, 0) is 47.5 Å². The molecule has 30 heavy (non-hydrogen) atoms. The van der Waals surface area contributed by atoms with Crippen molar-refractivity contribution in [3.8, 4) is 23.0 Å². The van der Waals surface area contributed by atoms with Crippen molar-refractivity contribution in [2.75, 3.05) is 14.2 Å². The number of hydrogen-bond acceptors (Lipinski definition) is 8. The molecular formula is C18H22N6O6. The van der Waals surface area contributed by atoms with Gasteiger partial charge in [-0.25, -0.2) is 20.4 Å². The highest BCUT2D eigenvalue weighted by Crippen LogP contribution is 2.26. The number of benzene rings is 2. The van der Waals surface area contributed by atoms with E-state index < -0.39 is 12.1 Å². The van der Waals surface area contributed by atoms with Crippen LogP contribution in [0.3, 0.4) is 0 Å². The minimum atomic E-state index is -0.739. The number of amides is 4. The number of aromatic hydroxyl groups is 2. The quantitative estimate of drug-likeness (QED) is 0.296. The average molecular weight is 418 g/mol. The summed E-state index contributed by atoms with van der Waals surface area (Å²) in [6.07, 6.45) is 2.76. The summed E-state index contributed by atoms with van der Waals surface area (Å²) in [6.45, 7) is 0. The van der Waals surface area contributed by atoms with Crippen LogP contribution in [-0.4, -0.2) is 48.9 Å². The maximum atomic E-state index is 10.3. The number of carbonyl (C=O) groups excluding carboxylic acids is 2. The van der Waals surface area contributed by atoms with E-state index in [1.807, 2.05) is 0 Å². The maximum absolute atomic E-state index is 10.3. The Hall–Kier alpha value is -4.48. The normalized spacial score (nSPS) is 10.2. The van der Waals surface area contributed by atoms with Crippen molar-refractivity contribution < 1.29 is 29.3 Å². The minimum absolute atomic E-state index is 0.0394. The van der Waals surface area contributed by atoms with Crippen molar-refractivity contribution >= 4 is 24.5 Å². The Morgan fingerprint density at radius 1 is 0.833 bits per heavy atom. The van der Waals surface area contributed by atoms with Crippen molar-refractivity contribution in [2.45, 2.75) is 0 Å². The van der Waals surface area contributed by atoms with Crippen LogP contribution >= 0.6 is 0 Å². The van der Waals surface area contributed by atoms with Crippen molar-refractivity contribution in [2.24, 2.45) is 21.7 Å². The zero-order chi connectivity index (χ0) is 22.5. The molecule has 0 saturated carbocycles. The molecule has 0 radical (unpaired) electrons. The summed E-state index contributed by atoms with van der Waals surface area (Å²) < 4.78 is 9.78. The third-order valence-electron chi connectivity index (χ3n) is 3.18. The molecule has 0 aliphatic rings. The third-order valence-corrected chi connectivity index (χ3v) is 3.18. The maximum Gasteiger partial charge on any atom is 0.332 e. The molecule has 12 nitrogen and oxygen atoms in total. The summed E-state index contributed by atoms with van der Waals surface area (Å²) in [6, 6.07) is 7.82. The molecule has 0 aliphatic carbocycles. The second-order valence-electron chi connectivity index (χ2n) is 5.33. The number of phenols is 2. The summed E-state index contributed by atoms with van der Waals surface area (Å²) in [7, 11) is 2.88. The van der Waals surface area contributed by atoms with E-state index in [2.05, 4.69) is 21.1 Å². The summed E-state index contributed by atoms with van der Waals surface area (Å²) in [4.78, 5) is 20.6. The Morgan fingerprint density at radius 3 is 1.50 bits per heavy atom. The number of primary amides is 2. The predicted molar refractivity (Wildman–Crippen MR) is 110 cm³/mol. The lowest BCUT2D eigenvalue weighted by Gasteiger charge is -2.03. The van der Waals surface area contributed by atoms with Crippen molar-refractivity contribution in [3.05, 3.63) is 47.5 Å².